The molecule has 9 N–H and O–H groups in total. The van der Waals surface area contributed by atoms with Crippen LogP contribution in [-0.2, 0) is 28.4 Å². The molecular formula is C26H46O15. The molecule has 0 aliphatic carbocycles. The van der Waals surface area contributed by atoms with Crippen LogP contribution in [0.3, 0.4) is 0 Å². The summed E-state index contributed by atoms with van der Waals surface area (Å²) >= 11 is 0. The van der Waals surface area contributed by atoms with Crippen molar-refractivity contribution in [3.63, 3.8) is 0 Å². The van der Waals surface area contributed by atoms with Crippen LogP contribution in [0.5, 0.6) is 0 Å². The predicted molar refractivity (Wildman–Crippen MR) is 135 cm³/mol. The van der Waals surface area contributed by atoms with Crippen molar-refractivity contribution in [1.29, 1.82) is 0 Å². The van der Waals surface area contributed by atoms with Gasteiger partial charge in [0, 0.05) is 5.92 Å². The van der Waals surface area contributed by atoms with Gasteiger partial charge < -0.3 is 74.4 Å². The van der Waals surface area contributed by atoms with E-state index < -0.39 is 109 Å². The van der Waals surface area contributed by atoms with Crippen molar-refractivity contribution in [2.24, 2.45) is 5.92 Å². The van der Waals surface area contributed by atoms with E-state index in [2.05, 4.69) is 0 Å². The molecule has 0 radical (unpaired) electrons. The highest BCUT2D eigenvalue weighted by atomic mass is 16.8. The van der Waals surface area contributed by atoms with Gasteiger partial charge >= 0.3 is 0 Å². The van der Waals surface area contributed by atoms with Gasteiger partial charge in [0.2, 0.25) is 0 Å². The predicted octanol–water partition coefficient (Wildman–Crippen LogP) is -3.90. The van der Waals surface area contributed by atoms with Crippen LogP contribution in [-0.4, -0.2) is 162 Å². The van der Waals surface area contributed by atoms with Crippen molar-refractivity contribution < 1.29 is 74.4 Å². The summed E-state index contributed by atoms with van der Waals surface area (Å²) in [5.74, 6) is -5.34. The van der Waals surface area contributed by atoms with E-state index >= 15 is 0 Å². The molecule has 15 heteroatoms. The van der Waals surface area contributed by atoms with Gasteiger partial charge in [-0.3, -0.25) is 0 Å². The van der Waals surface area contributed by atoms with Crippen LogP contribution in [0.25, 0.3) is 0 Å². The van der Waals surface area contributed by atoms with E-state index in [1.807, 2.05) is 0 Å². The van der Waals surface area contributed by atoms with Crippen LogP contribution in [0.4, 0.5) is 0 Å². The summed E-state index contributed by atoms with van der Waals surface area (Å²) in [6.45, 7) is 5.24. The first-order chi connectivity index (χ1) is 18.8. The quantitative estimate of drug-likeness (QED) is 0.151. The molecule has 0 saturated carbocycles. The molecular weight excluding hydrogens is 552 g/mol. The Morgan fingerprint density at radius 1 is 0.561 bits per heavy atom. The third kappa shape index (κ3) is 5.15. The lowest BCUT2D eigenvalue weighted by Gasteiger charge is -2.59. The molecule has 9 rings (SSSR count). The van der Waals surface area contributed by atoms with Crippen LogP contribution in [0, 0.1) is 5.92 Å². The molecule has 15 nitrogen and oxygen atoms in total. The smallest absolute Gasteiger partial charge is 0.195 e. The molecule has 15 atom stereocenters. The average Bonchev–Trinajstić information content (AvgIpc) is 2.92. The molecule has 0 aromatic rings. The van der Waals surface area contributed by atoms with E-state index in [-0.39, 0.29) is 13.2 Å². The maximum atomic E-state index is 11.3. The van der Waals surface area contributed by atoms with Crippen molar-refractivity contribution in [1.82, 2.24) is 0 Å². The molecule has 0 aromatic carbocycles. The second-order valence-electron chi connectivity index (χ2n) is 13.1. The lowest BCUT2D eigenvalue weighted by atomic mass is 9.77. The first-order valence-corrected chi connectivity index (χ1v) is 13.7. The van der Waals surface area contributed by atoms with Gasteiger partial charge in [0.1, 0.15) is 59.5 Å². The molecule has 0 spiro atoms. The van der Waals surface area contributed by atoms with E-state index in [1.54, 1.807) is 0 Å². The zero-order valence-corrected chi connectivity index (χ0v) is 24.2. The summed E-state index contributed by atoms with van der Waals surface area (Å²) in [7, 11) is 0. The van der Waals surface area contributed by atoms with Gasteiger partial charge in [0.15, 0.2) is 11.6 Å². The summed E-state index contributed by atoms with van der Waals surface area (Å²) in [4.78, 5) is 0. The number of hydrogen-bond acceptors (Lipinski definition) is 15. The standard InChI is InChI=1S/C26H46O15/c1-21(8-27)12-7-36-11-24(4)16(33)14(31)19(22(2,9-28)39-24)37-26(6)18(35)15(32)20(23(3,10-29)41-26)38-25(5,40-21)17(34)13(12)30/h12-20,27-35H,7-11H2,1-6H3/t12-,13+,14-,15-,16?,17?,18?,19-,20-,21?,22?,23?,24+,25-,26-/m0/s1. The van der Waals surface area contributed by atoms with Gasteiger partial charge in [-0.05, 0) is 41.5 Å². The Morgan fingerprint density at radius 2 is 0.976 bits per heavy atom. The molecule has 0 amide bonds. The molecule has 9 heterocycles. The highest BCUT2D eigenvalue weighted by Gasteiger charge is 2.66. The average molecular weight is 599 g/mol. The highest BCUT2D eigenvalue weighted by Crippen LogP contribution is 2.48. The zero-order chi connectivity index (χ0) is 31.0. The summed E-state index contributed by atoms with van der Waals surface area (Å²) < 4.78 is 36.2. The van der Waals surface area contributed by atoms with E-state index in [1.165, 1.54) is 41.5 Å². The Morgan fingerprint density at radius 3 is 1.46 bits per heavy atom. The SMILES string of the molecule is CC1(CO)O[C@]2(C)O[C@H]3[C@@H](O)C(O)[C@@](C)(O[C@H]4[C@@H](O)C(O)[C@@](C)(COC[C@H]1[C@@H](O)C2O)OC4(C)CO)OC3(C)CO. The third-order valence-corrected chi connectivity index (χ3v) is 9.38. The lowest BCUT2D eigenvalue weighted by molar-refractivity contribution is -0.451. The number of aliphatic hydroxyl groups is 9. The van der Waals surface area contributed by atoms with Gasteiger partial charge in [-0.2, -0.15) is 0 Å². The summed E-state index contributed by atoms with van der Waals surface area (Å²) in [6, 6.07) is 0. The van der Waals surface area contributed by atoms with Crippen LogP contribution < -0.4 is 0 Å². The van der Waals surface area contributed by atoms with Gasteiger partial charge in [-0.1, -0.05) is 0 Å². The lowest BCUT2D eigenvalue weighted by Crippen LogP contribution is -2.76. The molecule has 240 valence electrons. The minimum Gasteiger partial charge on any atom is -0.393 e. The second kappa shape index (κ2) is 10.8. The first kappa shape index (κ1) is 33.3. The number of hydrogen-bond donors (Lipinski definition) is 9. The summed E-state index contributed by atoms with van der Waals surface area (Å²) in [5, 5.41) is 98.5. The fourth-order valence-electron chi connectivity index (χ4n) is 6.70. The van der Waals surface area contributed by atoms with Crippen molar-refractivity contribution in [3.8, 4) is 0 Å². The Hall–Kier alpha value is -0.600. The van der Waals surface area contributed by atoms with Gasteiger partial charge in [-0.25, -0.2) is 0 Å². The Kier molecular flexibility index (Phi) is 8.76. The van der Waals surface area contributed by atoms with Crippen molar-refractivity contribution in [3.05, 3.63) is 0 Å². The van der Waals surface area contributed by atoms with Crippen molar-refractivity contribution in [2.45, 2.75) is 124 Å². The van der Waals surface area contributed by atoms with Crippen LogP contribution in [0.15, 0.2) is 0 Å². The fraction of sp³-hybridized carbons (Fsp3) is 1.00. The minimum atomic E-state index is -2.18. The maximum absolute atomic E-state index is 11.3. The fourth-order valence-corrected chi connectivity index (χ4v) is 6.70. The Balaban J connectivity index is 1.88. The maximum Gasteiger partial charge on any atom is 0.195 e. The van der Waals surface area contributed by atoms with E-state index in [9.17, 15) is 46.0 Å². The normalized spacial score (nSPS) is 58.5. The van der Waals surface area contributed by atoms with E-state index in [0.717, 1.165) is 0 Å². The highest BCUT2D eigenvalue weighted by molar-refractivity contribution is 5.10. The molecule has 6 unspecified atom stereocenters. The van der Waals surface area contributed by atoms with Crippen molar-refractivity contribution >= 4 is 0 Å². The molecule has 9 saturated heterocycles. The molecule has 9 aliphatic rings. The van der Waals surface area contributed by atoms with E-state index in [4.69, 9.17) is 28.4 Å². The third-order valence-electron chi connectivity index (χ3n) is 9.38. The number of rotatable bonds is 3. The molecule has 9 aliphatic heterocycles. The Bertz CT molecular complexity index is 958. The minimum absolute atomic E-state index is 0.316. The summed E-state index contributed by atoms with van der Waals surface area (Å²) in [5.41, 5.74) is -6.81. The topological polar surface area (TPSA) is 237 Å². The zero-order valence-electron chi connectivity index (χ0n) is 24.2. The Labute approximate surface area is 238 Å². The van der Waals surface area contributed by atoms with Gasteiger partial charge in [0.05, 0.1) is 44.7 Å². The molecule has 0 aromatic heterocycles. The second-order valence-corrected chi connectivity index (χ2v) is 13.1. The van der Waals surface area contributed by atoms with Crippen molar-refractivity contribution in [2.75, 3.05) is 33.0 Å². The van der Waals surface area contributed by atoms with Crippen LogP contribution in [0.2, 0.25) is 0 Å². The van der Waals surface area contributed by atoms with Crippen LogP contribution >= 0.6 is 0 Å². The molecule has 41 heavy (non-hydrogen) atoms. The van der Waals surface area contributed by atoms with Gasteiger partial charge in [0.25, 0.3) is 0 Å². The first-order valence-electron chi connectivity index (χ1n) is 13.7. The number of ether oxygens (including phenoxy) is 6. The van der Waals surface area contributed by atoms with Gasteiger partial charge in [-0.15, -0.1) is 0 Å². The van der Waals surface area contributed by atoms with E-state index in [0.29, 0.717) is 0 Å². The molecule has 6 bridgehead atoms. The number of aliphatic hydroxyl groups excluding tert-OH is 9. The summed E-state index contributed by atoms with van der Waals surface area (Å²) in [6.07, 6.45) is -13.8. The molecule has 9 fully saturated rings. The van der Waals surface area contributed by atoms with Crippen LogP contribution in [0.1, 0.15) is 41.5 Å². The monoisotopic (exact) mass is 598 g/mol. The largest absolute Gasteiger partial charge is 0.393 e.